The summed E-state index contributed by atoms with van der Waals surface area (Å²) in [5, 5.41) is 0. The SMILES string of the molecule is COc1ccc(N2CCN(C3CC(C)OC3=O)CC2)cc1. The van der Waals surface area contributed by atoms with Crippen LogP contribution in [0.2, 0.25) is 0 Å². The molecule has 2 atom stereocenters. The van der Waals surface area contributed by atoms with Crippen LogP contribution >= 0.6 is 0 Å². The van der Waals surface area contributed by atoms with E-state index in [1.54, 1.807) is 7.11 Å². The zero-order chi connectivity index (χ0) is 14.8. The zero-order valence-electron chi connectivity index (χ0n) is 12.6. The van der Waals surface area contributed by atoms with Gasteiger partial charge in [0.1, 0.15) is 17.9 Å². The Morgan fingerprint density at radius 1 is 1.14 bits per heavy atom. The molecule has 114 valence electrons. The van der Waals surface area contributed by atoms with Crippen LogP contribution in [0.1, 0.15) is 13.3 Å². The summed E-state index contributed by atoms with van der Waals surface area (Å²) < 4.78 is 10.4. The first-order valence-electron chi connectivity index (χ1n) is 7.51. The van der Waals surface area contributed by atoms with E-state index in [0.717, 1.165) is 38.3 Å². The molecule has 2 heterocycles. The third kappa shape index (κ3) is 2.97. The number of piperazine rings is 1. The number of ether oxygens (including phenoxy) is 2. The number of nitrogens with zero attached hydrogens (tertiary/aromatic N) is 2. The van der Waals surface area contributed by atoms with Gasteiger partial charge < -0.3 is 14.4 Å². The van der Waals surface area contributed by atoms with E-state index in [-0.39, 0.29) is 18.1 Å². The topological polar surface area (TPSA) is 42.0 Å². The molecule has 0 bridgehead atoms. The lowest BCUT2D eigenvalue weighted by Gasteiger charge is -2.37. The van der Waals surface area contributed by atoms with Crippen molar-refractivity contribution in [3.63, 3.8) is 0 Å². The number of hydrogen-bond acceptors (Lipinski definition) is 5. The number of esters is 1. The minimum atomic E-state index is -0.0552. The molecular weight excluding hydrogens is 268 g/mol. The normalized spacial score (nSPS) is 26.8. The van der Waals surface area contributed by atoms with Crippen LogP contribution in [-0.2, 0) is 9.53 Å². The highest BCUT2D eigenvalue weighted by Gasteiger charge is 2.37. The van der Waals surface area contributed by atoms with Gasteiger partial charge in [-0.25, -0.2) is 0 Å². The highest BCUT2D eigenvalue weighted by molar-refractivity contribution is 5.78. The molecule has 2 unspecified atom stereocenters. The molecular formula is C16H22N2O3. The minimum absolute atomic E-state index is 0.0435. The van der Waals surface area contributed by atoms with Crippen molar-refractivity contribution >= 4 is 11.7 Å². The summed E-state index contributed by atoms with van der Waals surface area (Å²) in [6, 6.07) is 8.09. The number of hydrogen-bond donors (Lipinski definition) is 0. The second-order valence-corrected chi connectivity index (χ2v) is 5.72. The van der Waals surface area contributed by atoms with Crippen molar-refractivity contribution in [3.8, 4) is 5.75 Å². The van der Waals surface area contributed by atoms with Crippen molar-refractivity contribution in [1.82, 2.24) is 4.90 Å². The van der Waals surface area contributed by atoms with E-state index in [0.29, 0.717) is 0 Å². The van der Waals surface area contributed by atoms with Gasteiger partial charge in [0.25, 0.3) is 0 Å². The van der Waals surface area contributed by atoms with E-state index >= 15 is 0 Å². The lowest BCUT2D eigenvalue weighted by Crippen LogP contribution is -2.51. The maximum absolute atomic E-state index is 11.8. The molecule has 0 N–H and O–H groups in total. The summed E-state index contributed by atoms with van der Waals surface area (Å²) in [4.78, 5) is 16.4. The first-order chi connectivity index (χ1) is 10.2. The van der Waals surface area contributed by atoms with E-state index < -0.39 is 0 Å². The quantitative estimate of drug-likeness (QED) is 0.790. The molecule has 2 aliphatic heterocycles. The Morgan fingerprint density at radius 3 is 2.33 bits per heavy atom. The highest BCUT2D eigenvalue weighted by atomic mass is 16.6. The molecule has 0 radical (unpaired) electrons. The Hall–Kier alpha value is -1.75. The van der Waals surface area contributed by atoms with Gasteiger partial charge in [-0.15, -0.1) is 0 Å². The maximum atomic E-state index is 11.8. The van der Waals surface area contributed by atoms with Gasteiger partial charge in [-0.3, -0.25) is 9.69 Å². The fraction of sp³-hybridized carbons (Fsp3) is 0.562. The Balaban J connectivity index is 1.58. The van der Waals surface area contributed by atoms with Gasteiger partial charge in [0.15, 0.2) is 0 Å². The average Bonchev–Trinajstić information content (AvgIpc) is 2.86. The van der Waals surface area contributed by atoms with Crippen LogP contribution in [0.15, 0.2) is 24.3 Å². The highest BCUT2D eigenvalue weighted by Crippen LogP contribution is 2.24. The fourth-order valence-electron chi connectivity index (χ4n) is 3.12. The number of carbonyl (C=O) groups excluding carboxylic acids is 1. The zero-order valence-corrected chi connectivity index (χ0v) is 12.6. The summed E-state index contributed by atoms with van der Waals surface area (Å²) in [7, 11) is 1.68. The number of rotatable bonds is 3. The number of anilines is 1. The van der Waals surface area contributed by atoms with Crippen molar-refractivity contribution in [1.29, 1.82) is 0 Å². The summed E-state index contributed by atoms with van der Waals surface area (Å²) >= 11 is 0. The molecule has 1 aromatic carbocycles. The van der Waals surface area contributed by atoms with Crippen LogP contribution in [-0.4, -0.2) is 56.3 Å². The lowest BCUT2D eigenvalue weighted by atomic mass is 10.1. The van der Waals surface area contributed by atoms with Gasteiger partial charge in [0, 0.05) is 38.3 Å². The first-order valence-corrected chi connectivity index (χ1v) is 7.51. The van der Waals surface area contributed by atoms with E-state index in [1.807, 2.05) is 19.1 Å². The number of carbonyl (C=O) groups is 1. The van der Waals surface area contributed by atoms with Crippen LogP contribution in [0.25, 0.3) is 0 Å². The van der Waals surface area contributed by atoms with Crippen LogP contribution < -0.4 is 9.64 Å². The van der Waals surface area contributed by atoms with Crippen LogP contribution in [0.5, 0.6) is 5.75 Å². The van der Waals surface area contributed by atoms with E-state index in [9.17, 15) is 4.79 Å². The molecule has 21 heavy (non-hydrogen) atoms. The summed E-state index contributed by atoms with van der Waals surface area (Å²) in [5.41, 5.74) is 1.21. The van der Waals surface area contributed by atoms with Crippen molar-refractivity contribution in [2.45, 2.75) is 25.5 Å². The van der Waals surface area contributed by atoms with Gasteiger partial charge in [0.05, 0.1) is 7.11 Å². The second-order valence-electron chi connectivity index (χ2n) is 5.72. The van der Waals surface area contributed by atoms with Crippen LogP contribution in [0, 0.1) is 0 Å². The van der Waals surface area contributed by atoms with Crippen LogP contribution in [0.4, 0.5) is 5.69 Å². The van der Waals surface area contributed by atoms with E-state index in [1.165, 1.54) is 5.69 Å². The molecule has 2 aliphatic rings. The van der Waals surface area contributed by atoms with Crippen LogP contribution in [0.3, 0.4) is 0 Å². The summed E-state index contributed by atoms with van der Waals surface area (Å²) in [6.45, 7) is 5.64. The third-order valence-corrected chi connectivity index (χ3v) is 4.34. The lowest BCUT2D eigenvalue weighted by molar-refractivity contribution is -0.144. The summed E-state index contributed by atoms with van der Waals surface area (Å²) in [5.74, 6) is 0.820. The molecule has 1 aromatic rings. The van der Waals surface area contributed by atoms with E-state index in [4.69, 9.17) is 9.47 Å². The fourth-order valence-corrected chi connectivity index (χ4v) is 3.12. The third-order valence-electron chi connectivity index (χ3n) is 4.34. The van der Waals surface area contributed by atoms with Gasteiger partial charge in [-0.1, -0.05) is 0 Å². The van der Waals surface area contributed by atoms with Gasteiger partial charge in [0.2, 0.25) is 0 Å². The Morgan fingerprint density at radius 2 is 1.81 bits per heavy atom. The van der Waals surface area contributed by atoms with E-state index in [2.05, 4.69) is 21.9 Å². The second kappa shape index (κ2) is 5.93. The Kier molecular flexibility index (Phi) is 4.01. The molecule has 0 spiro atoms. The molecule has 2 fully saturated rings. The summed E-state index contributed by atoms with van der Waals surface area (Å²) in [6.07, 6.45) is 0.878. The molecule has 0 aliphatic carbocycles. The number of methoxy groups -OCH3 is 1. The minimum Gasteiger partial charge on any atom is -0.497 e. The Labute approximate surface area is 125 Å². The van der Waals surface area contributed by atoms with Gasteiger partial charge >= 0.3 is 5.97 Å². The Bertz CT molecular complexity index is 495. The largest absolute Gasteiger partial charge is 0.497 e. The molecule has 2 saturated heterocycles. The molecule has 5 nitrogen and oxygen atoms in total. The maximum Gasteiger partial charge on any atom is 0.323 e. The van der Waals surface area contributed by atoms with Crippen molar-refractivity contribution in [2.24, 2.45) is 0 Å². The molecule has 3 rings (SSSR count). The molecule has 0 saturated carbocycles. The predicted octanol–water partition coefficient (Wildman–Crippen LogP) is 1.52. The number of cyclic esters (lactones) is 1. The molecule has 0 amide bonds. The smallest absolute Gasteiger partial charge is 0.323 e. The average molecular weight is 290 g/mol. The first kappa shape index (κ1) is 14.2. The molecule has 0 aromatic heterocycles. The molecule has 5 heteroatoms. The van der Waals surface area contributed by atoms with Gasteiger partial charge in [-0.2, -0.15) is 0 Å². The monoisotopic (exact) mass is 290 g/mol. The van der Waals surface area contributed by atoms with Crippen molar-refractivity contribution < 1.29 is 14.3 Å². The van der Waals surface area contributed by atoms with Gasteiger partial charge in [-0.05, 0) is 31.2 Å². The predicted molar refractivity (Wildman–Crippen MR) is 80.7 cm³/mol. The van der Waals surface area contributed by atoms with Crippen molar-refractivity contribution in [3.05, 3.63) is 24.3 Å². The standard InChI is InChI=1S/C16H22N2O3/c1-12-11-15(16(19)21-12)18-9-7-17(8-10-18)13-3-5-14(20-2)6-4-13/h3-6,12,15H,7-11H2,1-2H3. The number of benzene rings is 1. The van der Waals surface area contributed by atoms with Crippen molar-refractivity contribution in [2.75, 3.05) is 38.2 Å².